The van der Waals surface area contributed by atoms with E-state index in [4.69, 9.17) is 9.72 Å². The number of hydrogen-bond acceptors (Lipinski definition) is 3. The zero-order valence-electron chi connectivity index (χ0n) is 15.6. The molecule has 0 saturated carbocycles. The van der Waals surface area contributed by atoms with Crippen LogP contribution in [0.2, 0.25) is 0 Å². The smallest absolute Gasteiger partial charge is 0.255 e. The predicted molar refractivity (Wildman–Crippen MR) is 113 cm³/mol. The topological polar surface area (TPSA) is 51.2 Å². The lowest BCUT2D eigenvalue weighted by Gasteiger charge is -2.09. The van der Waals surface area contributed by atoms with E-state index in [1.165, 1.54) is 0 Å². The van der Waals surface area contributed by atoms with Crippen molar-refractivity contribution in [1.29, 1.82) is 0 Å². The summed E-state index contributed by atoms with van der Waals surface area (Å²) in [7, 11) is 0. The molecule has 0 aliphatic carbocycles. The van der Waals surface area contributed by atoms with Gasteiger partial charge in [0.2, 0.25) is 0 Å². The van der Waals surface area contributed by atoms with Crippen LogP contribution >= 0.6 is 0 Å². The van der Waals surface area contributed by atoms with Crippen molar-refractivity contribution < 1.29 is 9.53 Å². The molecule has 4 aromatic rings. The first-order valence-electron chi connectivity index (χ1n) is 9.23. The molecule has 3 aromatic carbocycles. The molecule has 0 radical (unpaired) electrons. The highest BCUT2D eigenvalue weighted by Gasteiger charge is 2.08. The van der Waals surface area contributed by atoms with Crippen LogP contribution in [0.25, 0.3) is 22.2 Å². The summed E-state index contributed by atoms with van der Waals surface area (Å²) >= 11 is 0. The van der Waals surface area contributed by atoms with E-state index in [1.54, 1.807) is 24.3 Å². The van der Waals surface area contributed by atoms with Crippen LogP contribution in [0.5, 0.6) is 5.75 Å². The van der Waals surface area contributed by atoms with Crippen LogP contribution in [0.4, 0.5) is 5.69 Å². The molecule has 1 amide bonds. The van der Waals surface area contributed by atoms with E-state index in [9.17, 15) is 4.79 Å². The van der Waals surface area contributed by atoms with Gasteiger partial charge in [-0.15, -0.1) is 0 Å². The predicted octanol–water partition coefficient (Wildman–Crippen LogP) is 5.55. The Morgan fingerprint density at radius 3 is 2.57 bits per heavy atom. The number of fused-ring (bicyclic) bond motifs is 1. The van der Waals surface area contributed by atoms with Gasteiger partial charge in [-0.05, 0) is 55.5 Å². The Morgan fingerprint density at radius 2 is 1.75 bits per heavy atom. The molecule has 138 valence electrons. The van der Waals surface area contributed by atoms with Gasteiger partial charge < -0.3 is 10.1 Å². The number of nitrogens with one attached hydrogen (secondary N) is 1. The molecular formula is C24H20N2O2. The molecule has 0 aliphatic rings. The molecule has 0 fully saturated rings. The van der Waals surface area contributed by atoms with Crippen LogP contribution in [0.3, 0.4) is 0 Å². The number of para-hydroxylation sites is 1. The van der Waals surface area contributed by atoms with Gasteiger partial charge in [-0.3, -0.25) is 4.79 Å². The number of carbonyl (C=O) groups excluding carboxylic acids is 1. The second-order valence-corrected chi connectivity index (χ2v) is 6.38. The van der Waals surface area contributed by atoms with Gasteiger partial charge in [-0.1, -0.05) is 36.4 Å². The molecule has 0 atom stereocenters. The van der Waals surface area contributed by atoms with Gasteiger partial charge >= 0.3 is 0 Å². The maximum Gasteiger partial charge on any atom is 0.255 e. The summed E-state index contributed by atoms with van der Waals surface area (Å²) in [6.45, 7) is 2.53. The molecule has 0 aliphatic heterocycles. The average Bonchev–Trinajstić information content (AvgIpc) is 2.74. The van der Waals surface area contributed by atoms with Crippen molar-refractivity contribution in [2.24, 2.45) is 0 Å². The van der Waals surface area contributed by atoms with Crippen molar-refractivity contribution in [2.75, 3.05) is 11.9 Å². The number of rotatable bonds is 5. The van der Waals surface area contributed by atoms with Crippen molar-refractivity contribution in [3.63, 3.8) is 0 Å². The number of carbonyl (C=O) groups is 1. The van der Waals surface area contributed by atoms with E-state index >= 15 is 0 Å². The zero-order chi connectivity index (χ0) is 19.3. The Balaban J connectivity index is 1.55. The first kappa shape index (κ1) is 17.7. The summed E-state index contributed by atoms with van der Waals surface area (Å²) in [5.74, 6) is 0.593. The van der Waals surface area contributed by atoms with Gasteiger partial charge in [0.15, 0.2) is 0 Å². The lowest BCUT2D eigenvalue weighted by Crippen LogP contribution is -2.11. The highest BCUT2D eigenvalue weighted by Crippen LogP contribution is 2.24. The first-order chi connectivity index (χ1) is 13.7. The zero-order valence-corrected chi connectivity index (χ0v) is 15.6. The standard InChI is InChI=1S/C24H20N2O2/c1-2-28-21-13-10-18(11-14-21)24(27)25-20-8-5-7-19(16-20)23-15-12-17-6-3-4-9-22(17)26-23/h3-16H,2H2,1H3,(H,25,27). The van der Waals surface area contributed by atoms with E-state index in [2.05, 4.69) is 11.4 Å². The van der Waals surface area contributed by atoms with Crippen LogP contribution in [0.15, 0.2) is 84.9 Å². The van der Waals surface area contributed by atoms with Crippen molar-refractivity contribution >= 4 is 22.5 Å². The lowest BCUT2D eigenvalue weighted by atomic mass is 10.1. The monoisotopic (exact) mass is 368 g/mol. The minimum absolute atomic E-state index is 0.160. The van der Waals surface area contributed by atoms with Gasteiger partial charge in [0.1, 0.15) is 5.75 Å². The Bertz CT molecular complexity index is 1120. The summed E-state index contributed by atoms with van der Waals surface area (Å²) in [6.07, 6.45) is 0. The third-order valence-electron chi connectivity index (χ3n) is 4.44. The third kappa shape index (κ3) is 3.86. The first-order valence-corrected chi connectivity index (χ1v) is 9.23. The van der Waals surface area contributed by atoms with E-state index in [1.807, 2.05) is 61.5 Å². The maximum atomic E-state index is 12.5. The molecule has 4 nitrogen and oxygen atoms in total. The van der Waals surface area contributed by atoms with E-state index in [0.29, 0.717) is 12.2 Å². The largest absolute Gasteiger partial charge is 0.494 e. The van der Waals surface area contributed by atoms with Crippen LogP contribution < -0.4 is 10.1 Å². The van der Waals surface area contributed by atoms with E-state index in [0.717, 1.165) is 33.6 Å². The molecule has 4 heteroatoms. The molecule has 28 heavy (non-hydrogen) atoms. The van der Waals surface area contributed by atoms with Gasteiger partial charge in [-0.2, -0.15) is 0 Å². The van der Waals surface area contributed by atoms with Gasteiger partial charge in [0.25, 0.3) is 5.91 Å². The number of amides is 1. The molecular weight excluding hydrogens is 348 g/mol. The number of benzene rings is 3. The summed E-state index contributed by atoms with van der Waals surface area (Å²) in [5, 5.41) is 4.05. The van der Waals surface area contributed by atoms with Crippen molar-refractivity contribution in [2.45, 2.75) is 6.92 Å². The van der Waals surface area contributed by atoms with Gasteiger partial charge in [0.05, 0.1) is 17.8 Å². The average molecular weight is 368 g/mol. The Kier molecular flexibility index (Phi) is 5.02. The number of pyridine rings is 1. The van der Waals surface area contributed by atoms with E-state index in [-0.39, 0.29) is 5.91 Å². The fraction of sp³-hybridized carbons (Fsp3) is 0.0833. The third-order valence-corrected chi connectivity index (χ3v) is 4.44. The van der Waals surface area contributed by atoms with Crippen molar-refractivity contribution in [1.82, 2.24) is 4.98 Å². The van der Waals surface area contributed by atoms with Crippen LogP contribution in [0, 0.1) is 0 Å². The maximum absolute atomic E-state index is 12.5. The second kappa shape index (κ2) is 7.92. The molecule has 1 heterocycles. The minimum Gasteiger partial charge on any atom is -0.494 e. The number of hydrogen-bond donors (Lipinski definition) is 1. The molecule has 4 rings (SSSR count). The van der Waals surface area contributed by atoms with Crippen molar-refractivity contribution in [3.05, 3.63) is 90.5 Å². The summed E-state index contributed by atoms with van der Waals surface area (Å²) < 4.78 is 5.42. The fourth-order valence-electron chi connectivity index (χ4n) is 3.06. The molecule has 1 aromatic heterocycles. The lowest BCUT2D eigenvalue weighted by molar-refractivity contribution is 0.102. The number of nitrogens with zero attached hydrogens (tertiary/aromatic N) is 1. The number of anilines is 1. The van der Waals surface area contributed by atoms with Gasteiger partial charge in [-0.25, -0.2) is 4.98 Å². The highest BCUT2D eigenvalue weighted by molar-refractivity contribution is 6.04. The molecule has 0 bridgehead atoms. The van der Waals surface area contributed by atoms with Crippen LogP contribution in [-0.4, -0.2) is 17.5 Å². The van der Waals surface area contributed by atoms with Crippen LogP contribution in [-0.2, 0) is 0 Å². The summed E-state index contributed by atoms with van der Waals surface area (Å²) in [4.78, 5) is 17.3. The second-order valence-electron chi connectivity index (χ2n) is 6.38. The molecule has 1 N–H and O–H groups in total. The summed E-state index contributed by atoms with van der Waals surface area (Å²) in [5.41, 5.74) is 4.08. The Labute approximate surface area is 163 Å². The highest BCUT2D eigenvalue weighted by atomic mass is 16.5. The minimum atomic E-state index is -0.160. The number of aromatic nitrogens is 1. The molecule has 0 unspecified atom stereocenters. The van der Waals surface area contributed by atoms with Crippen LogP contribution in [0.1, 0.15) is 17.3 Å². The van der Waals surface area contributed by atoms with E-state index < -0.39 is 0 Å². The van der Waals surface area contributed by atoms with Crippen molar-refractivity contribution in [3.8, 4) is 17.0 Å². The Morgan fingerprint density at radius 1 is 0.929 bits per heavy atom. The molecule has 0 saturated heterocycles. The quantitative estimate of drug-likeness (QED) is 0.502. The Hall–Kier alpha value is -3.66. The number of ether oxygens (including phenoxy) is 1. The fourth-order valence-corrected chi connectivity index (χ4v) is 3.06. The normalized spacial score (nSPS) is 10.6. The SMILES string of the molecule is CCOc1ccc(C(=O)Nc2cccc(-c3ccc4ccccc4n3)c2)cc1. The molecule has 0 spiro atoms. The summed E-state index contributed by atoms with van der Waals surface area (Å²) in [6, 6.07) is 26.9. The van der Waals surface area contributed by atoms with Gasteiger partial charge in [0, 0.05) is 22.2 Å².